The fourth-order valence-corrected chi connectivity index (χ4v) is 3.27. The normalized spacial score (nSPS) is 22.1. The van der Waals surface area contributed by atoms with Gasteiger partial charge in [0, 0.05) is 11.8 Å². The van der Waals surface area contributed by atoms with Gasteiger partial charge in [0.2, 0.25) is 5.91 Å². The third-order valence-electron chi connectivity index (χ3n) is 4.18. The molecule has 20 heavy (non-hydrogen) atoms. The van der Waals surface area contributed by atoms with Crippen LogP contribution in [0.15, 0.2) is 36.5 Å². The smallest absolute Gasteiger partial charge is 0.699 e. The van der Waals surface area contributed by atoms with E-state index in [0.29, 0.717) is 24.3 Å². The van der Waals surface area contributed by atoms with Crippen molar-refractivity contribution >= 4 is 17.4 Å². The number of pyridine rings is 1. The van der Waals surface area contributed by atoms with Crippen molar-refractivity contribution in [3.05, 3.63) is 59.0 Å². The van der Waals surface area contributed by atoms with E-state index in [1.165, 1.54) is 5.56 Å². The molecule has 1 aliphatic carbocycles. The molecular weight excluding hydrogens is 324 g/mol. The van der Waals surface area contributed by atoms with Crippen LogP contribution in [-0.2, 0) is 23.1 Å². The standard InChI is InChI=1S/C15H12N3O.Rb/c16-11-4-3-9-7-15(8-10(9)6-11)12-2-1-5-17-13(12)18-14(15)19;/h1-6,16H,7-8H2,(H,17,18,19);/q-1;+1. The van der Waals surface area contributed by atoms with Crippen LogP contribution < -0.4 is 63.5 Å². The zero-order chi connectivity index (χ0) is 13.0. The number of anilines is 1. The molecular formula is C15H12N3ORb. The van der Waals surface area contributed by atoms with Crippen LogP contribution in [-0.4, -0.2) is 10.9 Å². The van der Waals surface area contributed by atoms with Crippen molar-refractivity contribution in [2.24, 2.45) is 0 Å². The number of nitrogens with one attached hydrogen (secondary N) is 2. The summed E-state index contributed by atoms with van der Waals surface area (Å²) < 4.78 is 0. The first kappa shape index (κ1) is 14.4. The zero-order valence-corrected chi connectivity index (χ0v) is 16.1. The fraction of sp³-hybridized carbons (Fsp3) is 0.200. The molecule has 0 saturated carbocycles. The average Bonchev–Trinajstić information content (AvgIpc) is 2.90. The number of nitrogens with zero attached hydrogens (tertiary/aromatic N) is 1. The molecule has 1 amide bonds. The number of rotatable bonds is 0. The number of carbonyl (C=O) groups excluding carboxylic acids is 1. The quantitative estimate of drug-likeness (QED) is 0.722. The molecule has 1 unspecified atom stereocenters. The molecule has 2 aliphatic rings. The van der Waals surface area contributed by atoms with Gasteiger partial charge in [-0.05, 0) is 30.0 Å². The molecule has 4 rings (SSSR count). The minimum atomic E-state index is -0.514. The van der Waals surface area contributed by atoms with Gasteiger partial charge in [0.15, 0.2) is 0 Å². The molecule has 2 heterocycles. The second-order valence-electron chi connectivity index (χ2n) is 5.27. The van der Waals surface area contributed by atoms with Crippen LogP contribution in [0.5, 0.6) is 0 Å². The maximum absolute atomic E-state index is 12.4. The van der Waals surface area contributed by atoms with Crippen molar-refractivity contribution in [3.8, 4) is 0 Å². The second kappa shape index (κ2) is 5.02. The Morgan fingerprint density at radius 1 is 1.20 bits per heavy atom. The summed E-state index contributed by atoms with van der Waals surface area (Å²) in [7, 11) is 0. The predicted octanol–water partition coefficient (Wildman–Crippen LogP) is -0.242. The van der Waals surface area contributed by atoms with E-state index in [1.54, 1.807) is 12.3 Å². The Morgan fingerprint density at radius 2 is 2.00 bits per heavy atom. The third kappa shape index (κ3) is 1.93. The van der Waals surface area contributed by atoms with Gasteiger partial charge in [0.1, 0.15) is 5.82 Å². The van der Waals surface area contributed by atoms with Gasteiger partial charge in [-0.15, -0.1) is 5.69 Å². The van der Waals surface area contributed by atoms with Gasteiger partial charge >= 0.3 is 58.2 Å². The number of hydrogen-bond donors (Lipinski definition) is 1. The van der Waals surface area contributed by atoms with E-state index in [9.17, 15) is 4.79 Å². The number of carbonyl (C=O) groups is 1. The molecule has 1 atom stereocenters. The Kier molecular flexibility index (Phi) is 3.61. The van der Waals surface area contributed by atoms with Gasteiger partial charge in [-0.25, -0.2) is 4.98 Å². The molecule has 1 aromatic carbocycles. The van der Waals surface area contributed by atoms with Crippen LogP contribution in [0.2, 0.25) is 0 Å². The van der Waals surface area contributed by atoms with Crippen molar-refractivity contribution < 1.29 is 63.0 Å². The number of benzene rings is 1. The van der Waals surface area contributed by atoms with E-state index < -0.39 is 5.41 Å². The maximum atomic E-state index is 12.4. The van der Waals surface area contributed by atoms with Gasteiger partial charge in [-0.3, -0.25) is 4.79 Å². The van der Waals surface area contributed by atoms with Gasteiger partial charge < -0.3 is 11.1 Å². The molecule has 5 heteroatoms. The molecule has 0 fully saturated rings. The number of fused-ring (bicyclic) bond motifs is 3. The summed E-state index contributed by atoms with van der Waals surface area (Å²) in [5, 5.41) is 2.88. The Hall–Kier alpha value is -0.555. The van der Waals surface area contributed by atoms with Crippen molar-refractivity contribution in [2.45, 2.75) is 18.3 Å². The average molecular weight is 336 g/mol. The van der Waals surface area contributed by atoms with Gasteiger partial charge in [-0.2, -0.15) is 0 Å². The van der Waals surface area contributed by atoms with E-state index in [1.807, 2.05) is 24.3 Å². The summed E-state index contributed by atoms with van der Waals surface area (Å²) in [6.07, 6.45) is 3.06. The number of amides is 1. The topological polar surface area (TPSA) is 65.8 Å². The van der Waals surface area contributed by atoms with Crippen LogP contribution in [0.4, 0.5) is 11.5 Å². The van der Waals surface area contributed by atoms with Crippen molar-refractivity contribution in [2.75, 3.05) is 5.32 Å². The van der Waals surface area contributed by atoms with E-state index in [-0.39, 0.29) is 64.1 Å². The van der Waals surface area contributed by atoms with E-state index in [2.05, 4.69) is 10.3 Å². The van der Waals surface area contributed by atoms with Crippen LogP contribution in [0.3, 0.4) is 0 Å². The maximum Gasteiger partial charge on any atom is 1.00 e. The Balaban J connectivity index is 0.00000121. The summed E-state index contributed by atoms with van der Waals surface area (Å²) in [5.74, 6) is 0.718. The fourth-order valence-electron chi connectivity index (χ4n) is 3.27. The van der Waals surface area contributed by atoms with Crippen LogP contribution in [0.1, 0.15) is 16.7 Å². The molecule has 1 aromatic heterocycles. The van der Waals surface area contributed by atoms with Gasteiger partial charge in [0.05, 0.1) is 5.41 Å². The Bertz CT molecular complexity index is 716. The second-order valence-corrected chi connectivity index (χ2v) is 5.27. The van der Waals surface area contributed by atoms with Crippen LogP contribution in [0.25, 0.3) is 5.73 Å². The largest absolute Gasteiger partial charge is 1.00 e. The number of hydrogen-bond acceptors (Lipinski definition) is 2. The minimum Gasteiger partial charge on any atom is -0.699 e. The molecule has 0 bridgehead atoms. The van der Waals surface area contributed by atoms with Crippen molar-refractivity contribution in [1.29, 1.82) is 0 Å². The first-order valence-electron chi connectivity index (χ1n) is 6.29. The van der Waals surface area contributed by atoms with Crippen molar-refractivity contribution in [3.63, 3.8) is 0 Å². The summed E-state index contributed by atoms with van der Waals surface area (Å²) >= 11 is 0. The van der Waals surface area contributed by atoms with E-state index in [4.69, 9.17) is 5.73 Å². The third-order valence-corrected chi connectivity index (χ3v) is 4.18. The summed E-state index contributed by atoms with van der Waals surface area (Å²) in [5.41, 5.74) is 11.0. The Labute approximate surface area is 166 Å². The Morgan fingerprint density at radius 3 is 2.85 bits per heavy atom. The van der Waals surface area contributed by atoms with Gasteiger partial charge in [0.25, 0.3) is 0 Å². The zero-order valence-electron chi connectivity index (χ0n) is 11.2. The van der Waals surface area contributed by atoms with Crippen molar-refractivity contribution in [1.82, 2.24) is 4.98 Å². The van der Waals surface area contributed by atoms with Crippen LogP contribution in [0, 0.1) is 0 Å². The number of aromatic nitrogens is 1. The van der Waals surface area contributed by atoms with E-state index in [0.717, 1.165) is 11.1 Å². The molecule has 2 aromatic rings. The first-order valence-corrected chi connectivity index (χ1v) is 6.29. The molecule has 2 N–H and O–H groups in total. The molecule has 4 nitrogen and oxygen atoms in total. The molecule has 1 spiro atoms. The minimum absolute atomic E-state index is 0. The van der Waals surface area contributed by atoms with Gasteiger partial charge in [-0.1, -0.05) is 24.3 Å². The molecule has 0 radical (unpaired) electrons. The summed E-state index contributed by atoms with van der Waals surface area (Å²) in [4.78, 5) is 16.7. The molecule has 94 valence electrons. The monoisotopic (exact) mass is 335 g/mol. The summed E-state index contributed by atoms with van der Waals surface area (Å²) in [6.45, 7) is 0. The molecule has 0 saturated heterocycles. The molecule has 1 aliphatic heterocycles. The van der Waals surface area contributed by atoms with E-state index >= 15 is 0 Å². The van der Waals surface area contributed by atoms with Crippen LogP contribution >= 0.6 is 0 Å². The predicted molar refractivity (Wildman–Crippen MR) is 72.4 cm³/mol. The first-order chi connectivity index (χ1) is 9.19. The SMILES string of the molecule is [NH-]c1ccc2c(c1)CC1(C2)C(=O)Nc2ncccc21.[Rb+]. The summed E-state index contributed by atoms with van der Waals surface area (Å²) in [6, 6.07) is 9.47.